The highest BCUT2D eigenvalue weighted by Gasteiger charge is 2.51. The average Bonchev–Trinajstić information content (AvgIpc) is 3.09. The Morgan fingerprint density at radius 1 is 0.929 bits per heavy atom. The van der Waals surface area contributed by atoms with Crippen molar-refractivity contribution in [1.29, 1.82) is 0 Å². The standard InChI is InChI=1S/C21H31BN4O2/c1-15-11-16(2)26(24-15)19-13-17(22-27-20(3,4)21(5,6)28-22)12-18(14-19)25-9-7-23-8-10-25/h11-14,23H,7-10H2,1-6H3. The number of aryl methyl sites for hydroxylation is 2. The average molecular weight is 382 g/mol. The number of benzene rings is 1. The van der Waals surface area contributed by atoms with Gasteiger partial charge in [0.25, 0.3) is 0 Å². The molecule has 0 bridgehead atoms. The van der Waals surface area contributed by atoms with Crippen LogP contribution >= 0.6 is 0 Å². The number of piperazine rings is 1. The molecule has 2 saturated heterocycles. The third-order valence-corrected chi connectivity index (χ3v) is 6.19. The minimum absolute atomic E-state index is 0.360. The van der Waals surface area contributed by atoms with Gasteiger partial charge in [-0.3, -0.25) is 0 Å². The minimum Gasteiger partial charge on any atom is -0.399 e. The Balaban J connectivity index is 1.77. The first-order chi connectivity index (χ1) is 13.2. The van der Waals surface area contributed by atoms with Gasteiger partial charge in [0, 0.05) is 37.6 Å². The molecule has 1 aromatic carbocycles. The summed E-state index contributed by atoms with van der Waals surface area (Å²) in [4.78, 5) is 2.42. The molecule has 0 aliphatic carbocycles. The van der Waals surface area contributed by atoms with E-state index < -0.39 is 0 Å². The summed E-state index contributed by atoms with van der Waals surface area (Å²) < 4.78 is 14.7. The zero-order valence-corrected chi connectivity index (χ0v) is 17.9. The number of rotatable bonds is 3. The van der Waals surface area contributed by atoms with E-state index in [9.17, 15) is 0 Å². The van der Waals surface area contributed by atoms with Gasteiger partial charge in [0.1, 0.15) is 0 Å². The first kappa shape index (κ1) is 19.5. The predicted molar refractivity (Wildman–Crippen MR) is 114 cm³/mol. The van der Waals surface area contributed by atoms with Crippen LogP contribution in [0.4, 0.5) is 5.69 Å². The maximum absolute atomic E-state index is 6.34. The third-order valence-electron chi connectivity index (χ3n) is 6.19. The van der Waals surface area contributed by atoms with Gasteiger partial charge in [-0.2, -0.15) is 5.10 Å². The quantitative estimate of drug-likeness (QED) is 0.825. The smallest absolute Gasteiger partial charge is 0.399 e. The van der Waals surface area contributed by atoms with Crippen LogP contribution in [0.5, 0.6) is 0 Å². The van der Waals surface area contributed by atoms with Crippen LogP contribution in [0.1, 0.15) is 39.1 Å². The Morgan fingerprint density at radius 2 is 1.54 bits per heavy atom. The first-order valence-corrected chi connectivity index (χ1v) is 10.2. The normalized spacial score (nSPS) is 21.4. The summed E-state index contributed by atoms with van der Waals surface area (Å²) in [5.41, 5.74) is 4.69. The molecule has 0 atom stereocenters. The number of hydrogen-bond donors (Lipinski definition) is 1. The zero-order valence-electron chi connectivity index (χ0n) is 17.9. The summed E-state index contributed by atoms with van der Waals surface area (Å²) in [7, 11) is -0.386. The van der Waals surface area contributed by atoms with Gasteiger partial charge in [0.2, 0.25) is 0 Å². The lowest BCUT2D eigenvalue weighted by molar-refractivity contribution is 0.00578. The van der Waals surface area contributed by atoms with E-state index in [2.05, 4.69) is 69.1 Å². The van der Waals surface area contributed by atoms with Crippen LogP contribution in [0.15, 0.2) is 24.3 Å². The van der Waals surface area contributed by atoms with Crippen LogP contribution in [-0.4, -0.2) is 54.3 Å². The van der Waals surface area contributed by atoms with Crippen LogP contribution in [0.3, 0.4) is 0 Å². The Kier molecular flexibility index (Phi) is 4.80. The highest BCUT2D eigenvalue weighted by molar-refractivity contribution is 6.62. The molecular weight excluding hydrogens is 351 g/mol. The highest BCUT2D eigenvalue weighted by atomic mass is 16.7. The van der Waals surface area contributed by atoms with Gasteiger partial charge in [-0.1, -0.05) is 0 Å². The van der Waals surface area contributed by atoms with E-state index in [0.29, 0.717) is 0 Å². The van der Waals surface area contributed by atoms with Gasteiger partial charge in [-0.05, 0) is 71.3 Å². The summed E-state index contributed by atoms with van der Waals surface area (Å²) in [6.45, 7) is 16.5. The summed E-state index contributed by atoms with van der Waals surface area (Å²) in [6.07, 6.45) is 0. The maximum atomic E-state index is 6.34. The van der Waals surface area contributed by atoms with Gasteiger partial charge in [-0.15, -0.1) is 0 Å². The number of nitrogens with zero attached hydrogens (tertiary/aromatic N) is 3. The molecule has 0 amide bonds. The largest absolute Gasteiger partial charge is 0.494 e. The van der Waals surface area contributed by atoms with Crippen molar-refractivity contribution in [3.05, 3.63) is 35.7 Å². The monoisotopic (exact) mass is 382 g/mol. The van der Waals surface area contributed by atoms with E-state index in [0.717, 1.165) is 48.7 Å². The van der Waals surface area contributed by atoms with Gasteiger partial charge in [0.05, 0.1) is 22.6 Å². The van der Waals surface area contributed by atoms with Gasteiger partial charge in [0.15, 0.2) is 0 Å². The number of nitrogens with one attached hydrogen (secondary N) is 1. The molecule has 1 aromatic heterocycles. The van der Waals surface area contributed by atoms with E-state index in [4.69, 9.17) is 14.4 Å². The summed E-state index contributed by atoms with van der Waals surface area (Å²) in [5.74, 6) is 0. The van der Waals surface area contributed by atoms with E-state index in [-0.39, 0.29) is 18.3 Å². The Bertz CT molecular complexity index is 855. The van der Waals surface area contributed by atoms with Crippen molar-refractivity contribution in [2.45, 2.75) is 52.7 Å². The van der Waals surface area contributed by atoms with Crippen LogP contribution < -0.4 is 15.7 Å². The molecule has 1 N–H and O–H groups in total. The lowest BCUT2D eigenvalue weighted by Crippen LogP contribution is -2.44. The van der Waals surface area contributed by atoms with Crippen LogP contribution in [0.2, 0.25) is 0 Å². The Morgan fingerprint density at radius 3 is 2.11 bits per heavy atom. The second kappa shape index (κ2) is 6.90. The van der Waals surface area contributed by atoms with Crippen molar-refractivity contribution in [2.24, 2.45) is 0 Å². The van der Waals surface area contributed by atoms with Crippen molar-refractivity contribution >= 4 is 18.3 Å². The van der Waals surface area contributed by atoms with Gasteiger partial charge < -0.3 is 19.5 Å². The molecular formula is C21H31BN4O2. The second-order valence-corrected chi connectivity index (χ2v) is 8.95. The van der Waals surface area contributed by atoms with E-state index in [1.165, 1.54) is 5.69 Å². The molecule has 6 nitrogen and oxygen atoms in total. The highest BCUT2D eigenvalue weighted by Crippen LogP contribution is 2.37. The summed E-state index contributed by atoms with van der Waals surface area (Å²) >= 11 is 0. The molecule has 0 saturated carbocycles. The van der Waals surface area contributed by atoms with E-state index in [1.54, 1.807) is 0 Å². The number of anilines is 1. The molecule has 2 aliphatic rings. The predicted octanol–water partition coefficient (Wildman–Crippen LogP) is 2.20. The molecule has 0 unspecified atom stereocenters. The lowest BCUT2D eigenvalue weighted by Gasteiger charge is -2.32. The van der Waals surface area contributed by atoms with Gasteiger partial charge >= 0.3 is 7.12 Å². The van der Waals surface area contributed by atoms with E-state index >= 15 is 0 Å². The molecule has 4 rings (SSSR count). The Hall–Kier alpha value is -1.83. The van der Waals surface area contributed by atoms with Crippen molar-refractivity contribution in [2.75, 3.05) is 31.1 Å². The molecule has 2 fully saturated rings. The lowest BCUT2D eigenvalue weighted by atomic mass is 9.78. The fourth-order valence-electron chi connectivity index (χ4n) is 3.85. The molecule has 28 heavy (non-hydrogen) atoms. The molecule has 3 heterocycles. The van der Waals surface area contributed by atoms with Crippen molar-refractivity contribution in [3.8, 4) is 5.69 Å². The third kappa shape index (κ3) is 3.47. The fraction of sp³-hybridized carbons (Fsp3) is 0.571. The zero-order chi connectivity index (χ0) is 20.1. The second-order valence-electron chi connectivity index (χ2n) is 8.95. The first-order valence-electron chi connectivity index (χ1n) is 10.2. The summed E-state index contributed by atoms with van der Waals surface area (Å²) in [5, 5.41) is 8.12. The van der Waals surface area contributed by atoms with E-state index in [1.807, 2.05) is 11.6 Å². The number of aromatic nitrogens is 2. The SMILES string of the molecule is Cc1cc(C)n(-c2cc(B3OC(C)(C)C(C)(C)O3)cc(N3CCNCC3)c2)n1. The fourth-order valence-corrected chi connectivity index (χ4v) is 3.85. The topological polar surface area (TPSA) is 51.6 Å². The van der Waals surface area contributed by atoms with Gasteiger partial charge in [-0.25, -0.2) is 4.68 Å². The molecule has 0 spiro atoms. The molecule has 2 aliphatic heterocycles. The number of hydrogen-bond acceptors (Lipinski definition) is 5. The van der Waals surface area contributed by atoms with Crippen molar-refractivity contribution in [3.63, 3.8) is 0 Å². The maximum Gasteiger partial charge on any atom is 0.494 e. The van der Waals surface area contributed by atoms with Crippen LogP contribution in [-0.2, 0) is 9.31 Å². The van der Waals surface area contributed by atoms with Crippen molar-refractivity contribution in [1.82, 2.24) is 15.1 Å². The molecule has 0 radical (unpaired) electrons. The van der Waals surface area contributed by atoms with Crippen LogP contribution in [0.25, 0.3) is 5.69 Å². The molecule has 2 aromatic rings. The van der Waals surface area contributed by atoms with Crippen LogP contribution in [0, 0.1) is 13.8 Å². The summed E-state index contributed by atoms with van der Waals surface area (Å²) in [6, 6.07) is 8.68. The molecule has 150 valence electrons. The minimum atomic E-state index is -0.386. The van der Waals surface area contributed by atoms with Crippen molar-refractivity contribution < 1.29 is 9.31 Å². The Labute approximate surface area is 168 Å². The molecule has 7 heteroatoms.